The van der Waals surface area contributed by atoms with Crippen molar-refractivity contribution in [2.24, 2.45) is 5.73 Å². The van der Waals surface area contributed by atoms with E-state index >= 15 is 0 Å². The first-order chi connectivity index (χ1) is 18.5. The first kappa shape index (κ1) is 26.0. The van der Waals surface area contributed by atoms with Crippen LogP contribution in [0, 0.1) is 11.3 Å². The van der Waals surface area contributed by atoms with E-state index in [0.29, 0.717) is 23.6 Å². The Morgan fingerprint density at radius 1 is 0.921 bits per heavy atom. The van der Waals surface area contributed by atoms with Crippen molar-refractivity contribution in [2.75, 3.05) is 25.7 Å². The van der Waals surface area contributed by atoms with Crippen LogP contribution >= 0.6 is 0 Å². The average Bonchev–Trinajstić information content (AvgIpc) is 2.97. The number of nitriles is 1. The van der Waals surface area contributed by atoms with E-state index in [1.165, 1.54) is 19.1 Å². The summed E-state index contributed by atoms with van der Waals surface area (Å²) in [5.74, 6) is -2.19. The molecule has 0 radical (unpaired) electrons. The zero-order chi connectivity index (χ0) is 27.2. The predicted molar refractivity (Wildman–Crippen MR) is 143 cm³/mol. The molecule has 192 valence electrons. The second-order valence-electron chi connectivity index (χ2n) is 8.32. The summed E-state index contributed by atoms with van der Waals surface area (Å²) in [7, 11) is 2.43. The molecule has 1 heterocycles. The second-order valence-corrected chi connectivity index (χ2v) is 8.32. The maximum Gasteiger partial charge on any atom is 0.355 e. The van der Waals surface area contributed by atoms with Crippen LogP contribution in [-0.4, -0.2) is 32.8 Å². The van der Waals surface area contributed by atoms with Gasteiger partial charge in [-0.25, -0.2) is 9.59 Å². The minimum Gasteiger partial charge on any atom is -0.492 e. The molecule has 0 aliphatic carbocycles. The van der Waals surface area contributed by atoms with E-state index in [1.54, 1.807) is 36.4 Å². The fraction of sp³-hybridized carbons (Fsp3) is 0.167. The number of hydrogen-bond donors (Lipinski definition) is 1. The number of hydrogen-bond acceptors (Lipinski definition) is 8. The van der Waals surface area contributed by atoms with Crippen molar-refractivity contribution in [3.8, 4) is 22.9 Å². The molecule has 0 saturated carbocycles. The van der Waals surface area contributed by atoms with Crippen molar-refractivity contribution in [3.63, 3.8) is 0 Å². The minimum atomic E-state index is -0.952. The highest BCUT2D eigenvalue weighted by molar-refractivity contribution is 6.06. The summed E-state index contributed by atoms with van der Waals surface area (Å²) < 4.78 is 16.1. The van der Waals surface area contributed by atoms with Gasteiger partial charge >= 0.3 is 11.9 Å². The van der Waals surface area contributed by atoms with Crippen LogP contribution in [0.25, 0.3) is 11.1 Å². The Bertz CT molecular complexity index is 1460. The van der Waals surface area contributed by atoms with Crippen LogP contribution in [0.3, 0.4) is 0 Å². The zero-order valence-electron chi connectivity index (χ0n) is 21.3. The SMILES string of the molecule is CCOc1ccc(-c2ccccc2)cc1N1C(N)=C(C#N)C(c2ccccc2)C(C(=O)OC)=C1C(=O)OC. The van der Waals surface area contributed by atoms with Crippen LogP contribution in [-0.2, 0) is 19.1 Å². The summed E-state index contributed by atoms with van der Waals surface area (Å²) in [4.78, 5) is 28.1. The molecule has 0 aromatic heterocycles. The Balaban J connectivity index is 2.09. The van der Waals surface area contributed by atoms with Gasteiger partial charge in [0.1, 0.15) is 17.3 Å². The summed E-state index contributed by atoms with van der Waals surface area (Å²) >= 11 is 0. The number of carbonyl (C=O) groups is 2. The van der Waals surface area contributed by atoms with E-state index in [4.69, 9.17) is 19.9 Å². The molecule has 0 saturated heterocycles. The number of methoxy groups -OCH3 is 2. The molecule has 8 nitrogen and oxygen atoms in total. The number of ether oxygens (including phenoxy) is 3. The maximum atomic E-state index is 13.4. The summed E-state index contributed by atoms with van der Waals surface area (Å²) in [6.07, 6.45) is 0. The number of esters is 2. The molecule has 1 aliphatic heterocycles. The van der Waals surface area contributed by atoms with E-state index < -0.39 is 17.9 Å². The fourth-order valence-electron chi connectivity index (χ4n) is 4.54. The molecular formula is C30H27N3O5. The lowest BCUT2D eigenvalue weighted by molar-refractivity contribution is -0.139. The first-order valence-electron chi connectivity index (χ1n) is 11.9. The lowest BCUT2D eigenvalue weighted by Crippen LogP contribution is -2.41. The van der Waals surface area contributed by atoms with Gasteiger partial charge in [-0.15, -0.1) is 0 Å². The molecule has 1 aliphatic rings. The van der Waals surface area contributed by atoms with Crippen molar-refractivity contribution in [3.05, 3.63) is 107 Å². The van der Waals surface area contributed by atoms with Crippen LogP contribution in [0.15, 0.2) is 102 Å². The van der Waals surface area contributed by atoms with Gasteiger partial charge in [-0.05, 0) is 35.7 Å². The quantitative estimate of drug-likeness (QED) is 0.458. The molecule has 1 atom stereocenters. The van der Waals surface area contributed by atoms with Crippen molar-refractivity contribution in [1.82, 2.24) is 0 Å². The van der Waals surface area contributed by atoms with Gasteiger partial charge in [-0.3, -0.25) is 4.90 Å². The highest BCUT2D eigenvalue weighted by Crippen LogP contribution is 2.46. The van der Waals surface area contributed by atoms with Crippen molar-refractivity contribution in [1.29, 1.82) is 5.26 Å². The fourth-order valence-corrected chi connectivity index (χ4v) is 4.54. The molecule has 1 unspecified atom stereocenters. The standard InChI is InChI=1S/C30H27N3O5/c1-4-38-24-16-15-21(19-11-7-5-8-12-19)17-23(24)33-27(30(35)37-3)26(29(34)36-2)25(22(18-31)28(33)32)20-13-9-6-10-14-20/h5-17,25H,4,32H2,1-3H3. The number of rotatable bonds is 7. The molecule has 3 aromatic carbocycles. The number of carbonyl (C=O) groups excluding carboxylic acids is 2. The average molecular weight is 510 g/mol. The van der Waals surface area contributed by atoms with Crippen LogP contribution in [0.5, 0.6) is 5.75 Å². The molecule has 0 spiro atoms. The normalized spacial score (nSPS) is 15.1. The van der Waals surface area contributed by atoms with E-state index in [1.807, 2.05) is 49.4 Å². The molecular weight excluding hydrogens is 482 g/mol. The number of nitrogens with two attached hydrogens (primary N) is 1. The predicted octanol–water partition coefficient (Wildman–Crippen LogP) is 4.65. The Labute approximate surface area is 221 Å². The Morgan fingerprint density at radius 2 is 1.55 bits per heavy atom. The van der Waals surface area contributed by atoms with E-state index in [0.717, 1.165) is 11.1 Å². The Morgan fingerprint density at radius 3 is 2.13 bits per heavy atom. The van der Waals surface area contributed by atoms with E-state index in [2.05, 4.69) is 6.07 Å². The second kappa shape index (κ2) is 11.4. The minimum absolute atomic E-state index is 0.0272. The van der Waals surface area contributed by atoms with Gasteiger partial charge in [-0.1, -0.05) is 66.7 Å². The van der Waals surface area contributed by atoms with Crippen LogP contribution in [0.4, 0.5) is 5.69 Å². The Kier molecular flexibility index (Phi) is 7.78. The van der Waals surface area contributed by atoms with Gasteiger partial charge in [0.2, 0.25) is 0 Å². The molecule has 0 fully saturated rings. The van der Waals surface area contributed by atoms with E-state index in [-0.39, 0.29) is 22.7 Å². The van der Waals surface area contributed by atoms with E-state index in [9.17, 15) is 14.9 Å². The summed E-state index contributed by atoms with van der Waals surface area (Å²) in [5.41, 5.74) is 9.21. The topological polar surface area (TPSA) is 115 Å². The van der Waals surface area contributed by atoms with Gasteiger partial charge < -0.3 is 19.9 Å². The van der Waals surface area contributed by atoms with Gasteiger partial charge in [0.25, 0.3) is 0 Å². The summed E-state index contributed by atoms with van der Waals surface area (Å²) in [5, 5.41) is 10.3. The number of anilines is 1. The molecule has 8 heteroatoms. The molecule has 2 N–H and O–H groups in total. The molecule has 0 amide bonds. The lowest BCUT2D eigenvalue weighted by Gasteiger charge is -2.36. The van der Waals surface area contributed by atoms with Crippen molar-refractivity contribution >= 4 is 17.6 Å². The largest absolute Gasteiger partial charge is 0.492 e. The maximum absolute atomic E-state index is 13.4. The summed E-state index contributed by atoms with van der Waals surface area (Å²) in [6.45, 7) is 2.15. The molecule has 4 rings (SSSR count). The highest BCUT2D eigenvalue weighted by atomic mass is 16.5. The van der Waals surface area contributed by atoms with Crippen LogP contribution < -0.4 is 15.4 Å². The first-order valence-corrected chi connectivity index (χ1v) is 11.9. The number of allylic oxidation sites excluding steroid dienone is 1. The van der Waals surface area contributed by atoms with Gasteiger partial charge in [0.15, 0.2) is 0 Å². The third-order valence-electron chi connectivity index (χ3n) is 6.22. The third-order valence-corrected chi connectivity index (χ3v) is 6.22. The Hall–Kier alpha value is -5.03. The van der Waals surface area contributed by atoms with Crippen molar-refractivity contribution < 1.29 is 23.8 Å². The van der Waals surface area contributed by atoms with Gasteiger partial charge in [0.05, 0.1) is 49.6 Å². The highest BCUT2D eigenvalue weighted by Gasteiger charge is 2.43. The number of benzene rings is 3. The van der Waals surface area contributed by atoms with Crippen molar-refractivity contribution in [2.45, 2.75) is 12.8 Å². The molecule has 3 aromatic rings. The lowest BCUT2D eigenvalue weighted by atomic mass is 9.81. The van der Waals surface area contributed by atoms with Gasteiger partial charge in [-0.2, -0.15) is 5.26 Å². The third kappa shape index (κ3) is 4.70. The summed E-state index contributed by atoms with van der Waals surface area (Å²) in [6, 6.07) is 26.1. The van der Waals surface area contributed by atoms with Crippen LogP contribution in [0.1, 0.15) is 18.4 Å². The molecule has 0 bridgehead atoms. The van der Waals surface area contributed by atoms with Crippen LogP contribution in [0.2, 0.25) is 0 Å². The number of nitrogens with zero attached hydrogens (tertiary/aromatic N) is 2. The molecule has 38 heavy (non-hydrogen) atoms. The zero-order valence-corrected chi connectivity index (χ0v) is 21.3. The van der Waals surface area contributed by atoms with Gasteiger partial charge in [0, 0.05) is 0 Å². The monoisotopic (exact) mass is 509 g/mol. The smallest absolute Gasteiger partial charge is 0.355 e.